The van der Waals surface area contributed by atoms with Crippen LogP contribution in [0.2, 0.25) is 0 Å². The van der Waals surface area contributed by atoms with Crippen molar-refractivity contribution in [1.82, 2.24) is 0 Å². The summed E-state index contributed by atoms with van der Waals surface area (Å²) in [6.07, 6.45) is 4.75. The van der Waals surface area contributed by atoms with E-state index in [1.165, 1.54) is 52.6 Å². The molecule has 0 N–H and O–H groups in total. The van der Waals surface area contributed by atoms with E-state index in [2.05, 4.69) is 95.3 Å². The quantitative estimate of drug-likeness (QED) is 0.326. The minimum atomic E-state index is 0.618. The van der Waals surface area contributed by atoms with Crippen molar-refractivity contribution < 1.29 is 4.74 Å². The van der Waals surface area contributed by atoms with Gasteiger partial charge in [-0.05, 0) is 84.9 Å². The number of rotatable bonds is 10. The molecule has 0 radical (unpaired) electrons. The number of hydrogen-bond donors (Lipinski definition) is 0. The van der Waals surface area contributed by atoms with Crippen LogP contribution in [0.4, 0.5) is 0 Å². The highest BCUT2D eigenvalue weighted by molar-refractivity contribution is 5.37. The molecule has 3 rings (SSSR count). The Morgan fingerprint density at radius 3 is 1.74 bits per heavy atom. The first-order valence-electron chi connectivity index (χ1n) is 11.8. The predicted octanol–water partition coefficient (Wildman–Crippen LogP) is 8.03. The van der Waals surface area contributed by atoms with E-state index in [1.54, 1.807) is 0 Å². The Morgan fingerprint density at radius 2 is 1.19 bits per heavy atom. The van der Waals surface area contributed by atoms with Crippen LogP contribution >= 0.6 is 0 Å². The molecule has 164 valence electrons. The SMILES string of the molecule is CC[C@@H](Cc1ccc(C)c(C)c1)[C@@H](CC)Cc1ccc(OCc2ccccc2)c(C)c1. The molecule has 3 aromatic carbocycles. The highest BCUT2D eigenvalue weighted by Gasteiger charge is 2.20. The van der Waals surface area contributed by atoms with Crippen LogP contribution in [0.1, 0.15) is 60.1 Å². The van der Waals surface area contributed by atoms with E-state index in [1.807, 2.05) is 6.07 Å². The van der Waals surface area contributed by atoms with Gasteiger partial charge >= 0.3 is 0 Å². The van der Waals surface area contributed by atoms with Gasteiger partial charge in [0.2, 0.25) is 0 Å². The lowest BCUT2D eigenvalue weighted by molar-refractivity contribution is 0.302. The van der Waals surface area contributed by atoms with E-state index in [9.17, 15) is 0 Å². The van der Waals surface area contributed by atoms with Gasteiger partial charge in [-0.1, -0.05) is 87.4 Å². The second-order valence-corrected chi connectivity index (χ2v) is 9.04. The average Bonchev–Trinajstić information content (AvgIpc) is 2.78. The van der Waals surface area contributed by atoms with Crippen molar-refractivity contribution in [3.63, 3.8) is 0 Å². The van der Waals surface area contributed by atoms with Crippen molar-refractivity contribution in [1.29, 1.82) is 0 Å². The van der Waals surface area contributed by atoms with Gasteiger partial charge in [0.05, 0.1) is 0 Å². The molecule has 0 amide bonds. The van der Waals surface area contributed by atoms with Gasteiger partial charge in [-0.3, -0.25) is 0 Å². The maximum absolute atomic E-state index is 6.08. The Hall–Kier alpha value is -2.54. The van der Waals surface area contributed by atoms with Gasteiger partial charge in [0.25, 0.3) is 0 Å². The standard InChI is InChI=1S/C30H38O/c1-6-28(19-26-14-13-22(3)23(4)17-26)29(7-2)20-27-15-16-30(24(5)18-27)31-21-25-11-9-8-10-12-25/h8-18,28-29H,6-7,19-21H2,1-5H3/t28-,29-/m0/s1. The number of ether oxygens (including phenoxy) is 1. The molecule has 0 heterocycles. The van der Waals surface area contributed by atoms with Crippen molar-refractivity contribution in [2.75, 3.05) is 0 Å². The molecular formula is C30H38O. The fraction of sp³-hybridized carbons (Fsp3) is 0.400. The molecule has 1 nitrogen and oxygen atoms in total. The molecule has 0 aliphatic carbocycles. The van der Waals surface area contributed by atoms with E-state index >= 15 is 0 Å². The lowest BCUT2D eigenvalue weighted by atomic mass is 9.79. The van der Waals surface area contributed by atoms with E-state index in [0.29, 0.717) is 18.4 Å². The maximum atomic E-state index is 6.08. The second-order valence-electron chi connectivity index (χ2n) is 9.04. The Kier molecular flexibility index (Phi) is 8.35. The molecule has 0 saturated heterocycles. The molecule has 0 saturated carbocycles. The third-order valence-electron chi connectivity index (χ3n) is 6.76. The highest BCUT2D eigenvalue weighted by Crippen LogP contribution is 2.29. The number of aryl methyl sites for hydroxylation is 3. The Morgan fingerprint density at radius 1 is 0.613 bits per heavy atom. The molecule has 1 heteroatoms. The van der Waals surface area contributed by atoms with Crippen LogP contribution < -0.4 is 4.74 Å². The van der Waals surface area contributed by atoms with Crippen LogP contribution in [0.3, 0.4) is 0 Å². The first kappa shape index (κ1) is 23.1. The average molecular weight is 415 g/mol. The fourth-order valence-corrected chi connectivity index (χ4v) is 4.56. The summed E-state index contributed by atoms with van der Waals surface area (Å²) in [4.78, 5) is 0. The smallest absolute Gasteiger partial charge is 0.122 e. The molecule has 0 aromatic heterocycles. The fourth-order valence-electron chi connectivity index (χ4n) is 4.56. The van der Waals surface area contributed by atoms with E-state index < -0.39 is 0 Å². The Labute approximate surface area is 189 Å². The summed E-state index contributed by atoms with van der Waals surface area (Å²) < 4.78 is 6.08. The Bertz CT molecular complexity index is 957. The minimum absolute atomic E-state index is 0.618. The van der Waals surface area contributed by atoms with E-state index in [0.717, 1.165) is 12.2 Å². The van der Waals surface area contributed by atoms with Crippen molar-refractivity contribution in [3.8, 4) is 5.75 Å². The first-order valence-corrected chi connectivity index (χ1v) is 11.8. The van der Waals surface area contributed by atoms with Crippen molar-refractivity contribution >= 4 is 0 Å². The zero-order valence-corrected chi connectivity index (χ0v) is 19.9. The summed E-state index contributed by atoms with van der Waals surface area (Å²) in [6, 6.07) is 24.1. The second kappa shape index (κ2) is 11.2. The van der Waals surface area contributed by atoms with Crippen LogP contribution in [0.15, 0.2) is 66.7 Å². The van der Waals surface area contributed by atoms with Crippen molar-refractivity contribution in [3.05, 3.63) is 100 Å². The highest BCUT2D eigenvalue weighted by atomic mass is 16.5. The summed E-state index contributed by atoms with van der Waals surface area (Å²) in [6.45, 7) is 11.9. The Balaban J connectivity index is 1.65. The summed E-state index contributed by atoms with van der Waals surface area (Å²) in [5, 5.41) is 0. The summed E-state index contributed by atoms with van der Waals surface area (Å²) in [5.74, 6) is 2.39. The first-order chi connectivity index (χ1) is 15.0. The molecule has 31 heavy (non-hydrogen) atoms. The van der Waals surface area contributed by atoms with E-state index in [-0.39, 0.29) is 0 Å². The van der Waals surface area contributed by atoms with Crippen LogP contribution in [-0.2, 0) is 19.4 Å². The minimum Gasteiger partial charge on any atom is -0.489 e. The van der Waals surface area contributed by atoms with Crippen molar-refractivity contribution in [2.24, 2.45) is 11.8 Å². The van der Waals surface area contributed by atoms with Gasteiger partial charge in [-0.2, -0.15) is 0 Å². The number of benzene rings is 3. The van der Waals surface area contributed by atoms with Crippen LogP contribution in [0, 0.1) is 32.6 Å². The van der Waals surface area contributed by atoms with Crippen LogP contribution in [-0.4, -0.2) is 0 Å². The topological polar surface area (TPSA) is 9.23 Å². The van der Waals surface area contributed by atoms with Gasteiger partial charge in [0.15, 0.2) is 0 Å². The molecule has 0 unspecified atom stereocenters. The molecule has 0 fully saturated rings. The normalized spacial score (nSPS) is 13.1. The third-order valence-corrected chi connectivity index (χ3v) is 6.76. The lowest BCUT2D eigenvalue weighted by Gasteiger charge is -2.26. The maximum Gasteiger partial charge on any atom is 0.122 e. The molecular weight excluding hydrogens is 376 g/mol. The molecule has 0 spiro atoms. The summed E-state index contributed by atoms with van der Waals surface area (Å²) in [5.41, 5.74) is 8.12. The summed E-state index contributed by atoms with van der Waals surface area (Å²) in [7, 11) is 0. The van der Waals surface area contributed by atoms with E-state index in [4.69, 9.17) is 4.74 Å². The van der Waals surface area contributed by atoms with Gasteiger partial charge in [-0.15, -0.1) is 0 Å². The van der Waals surface area contributed by atoms with Crippen LogP contribution in [0.25, 0.3) is 0 Å². The molecule has 2 atom stereocenters. The third kappa shape index (κ3) is 6.47. The monoisotopic (exact) mass is 414 g/mol. The predicted molar refractivity (Wildman–Crippen MR) is 133 cm³/mol. The van der Waals surface area contributed by atoms with Crippen molar-refractivity contribution in [2.45, 2.75) is 66.9 Å². The molecule has 0 aliphatic rings. The van der Waals surface area contributed by atoms with Gasteiger partial charge in [0.1, 0.15) is 12.4 Å². The molecule has 0 aliphatic heterocycles. The largest absolute Gasteiger partial charge is 0.489 e. The number of hydrogen-bond acceptors (Lipinski definition) is 1. The summed E-state index contributed by atoms with van der Waals surface area (Å²) >= 11 is 0. The van der Waals surface area contributed by atoms with Gasteiger partial charge < -0.3 is 4.74 Å². The zero-order valence-electron chi connectivity index (χ0n) is 19.9. The molecule has 0 bridgehead atoms. The van der Waals surface area contributed by atoms with Gasteiger partial charge in [-0.25, -0.2) is 0 Å². The lowest BCUT2D eigenvalue weighted by Crippen LogP contribution is -2.19. The van der Waals surface area contributed by atoms with Gasteiger partial charge in [0, 0.05) is 0 Å². The van der Waals surface area contributed by atoms with Crippen LogP contribution in [0.5, 0.6) is 5.75 Å². The zero-order chi connectivity index (χ0) is 22.2. The molecule has 3 aromatic rings.